The lowest BCUT2D eigenvalue weighted by Crippen LogP contribution is -2.15. The Balaban J connectivity index is 2.77. The first-order valence-electron chi connectivity index (χ1n) is 5.82. The minimum absolute atomic E-state index is 0.0274. The quantitative estimate of drug-likeness (QED) is 0.908. The number of amides is 1. The Labute approximate surface area is 125 Å². The topological polar surface area (TPSA) is 99.8 Å². The number of pyridine rings is 1. The van der Waals surface area contributed by atoms with E-state index in [4.69, 9.17) is 34.7 Å². The molecule has 0 saturated heterocycles. The molecular formula is C12H13Cl2N5O. The predicted molar refractivity (Wildman–Crippen MR) is 78.4 cm³/mol. The molecule has 0 saturated carbocycles. The third-order valence-electron chi connectivity index (χ3n) is 2.78. The van der Waals surface area contributed by atoms with E-state index < -0.39 is 5.91 Å². The summed E-state index contributed by atoms with van der Waals surface area (Å²) in [6, 6.07) is 0. The summed E-state index contributed by atoms with van der Waals surface area (Å²) in [7, 11) is 0. The van der Waals surface area contributed by atoms with Crippen molar-refractivity contribution in [3.8, 4) is 5.69 Å². The molecule has 0 aliphatic rings. The molecule has 6 nitrogen and oxygen atoms in total. The van der Waals surface area contributed by atoms with Crippen molar-refractivity contribution in [1.29, 1.82) is 0 Å². The zero-order valence-electron chi connectivity index (χ0n) is 10.9. The number of rotatable bonds is 3. The van der Waals surface area contributed by atoms with Gasteiger partial charge < -0.3 is 11.5 Å². The molecule has 0 aromatic carbocycles. The van der Waals surface area contributed by atoms with Crippen LogP contribution in [-0.4, -0.2) is 20.7 Å². The molecule has 2 aromatic rings. The number of hydrogen-bond donors (Lipinski definition) is 2. The number of carbonyl (C=O) groups is 1. The number of halogens is 2. The summed E-state index contributed by atoms with van der Waals surface area (Å²) < 4.78 is 1.32. The van der Waals surface area contributed by atoms with Crippen molar-refractivity contribution < 1.29 is 4.79 Å². The van der Waals surface area contributed by atoms with Crippen molar-refractivity contribution in [1.82, 2.24) is 14.8 Å². The van der Waals surface area contributed by atoms with Crippen molar-refractivity contribution in [2.24, 2.45) is 5.73 Å². The van der Waals surface area contributed by atoms with Gasteiger partial charge in [0.05, 0.1) is 15.7 Å². The van der Waals surface area contributed by atoms with Gasteiger partial charge in [-0.15, -0.1) is 0 Å². The number of anilines is 1. The molecular weight excluding hydrogens is 301 g/mol. The van der Waals surface area contributed by atoms with E-state index in [1.807, 2.05) is 13.8 Å². The maximum atomic E-state index is 11.6. The summed E-state index contributed by atoms with van der Waals surface area (Å²) >= 11 is 12.2. The van der Waals surface area contributed by atoms with Crippen LogP contribution >= 0.6 is 23.2 Å². The van der Waals surface area contributed by atoms with Crippen LogP contribution in [0.4, 0.5) is 5.82 Å². The summed E-state index contributed by atoms with van der Waals surface area (Å²) in [5, 5.41) is 4.87. The molecule has 2 rings (SSSR count). The molecule has 0 unspecified atom stereocenters. The average Bonchev–Trinajstić information content (AvgIpc) is 2.67. The Morgan fingerprint density at radius 1 is 1.30 bits per heavy atom. The summed E-state index contributed by atoms with van der Waals surface area (Å²) in [6.45, 7) is 3.77. The highest BCUT2D eigenvalue weighted by Gasteiger charge is 2.24. The second kappa shape index (κ2) is 5.30. The van der Waals surface area contributed by atoms with Crippen LogP contribution in [0.5, 0.6) is 0 Å². The molecule has 0 fully saturated rings. The highest BCUT2D eigenvalue weighted by molar-refractivity contribution is 6.37. The molecule has 106 valence electrons. The van der Waals surface area contributed by atoms with Gasteiger partial charge in [-0.25, -0.2) is 4.68 Å². The summed E-state index contributed by atoms with van der Waals surface area (Å²) in [4.78, 5) is 15.4. The number of nitrogen functional groups attached to an aromatic ring is 1. The molecule has 2 heterocycles. The Kier molecular flexibility index (Phi) is 3.87. The fraction of sp³-hybridized carbons (Fsp3) is 0.250. The third kappa shape index (κ3) is 2.32. The molecule has 4 N–H and O–H groups in total. The van der Waals surface area contributed by atoms with Gasteiger partial charge in [0, 0.05) is 12.4 Å². The van der Waals surface area contributed by atoms with Crippen molar-refractivity contribution in [2.75, 3.05) is 5.73 Å². The predicted octanol–water partition coefficient (Wildman–Crippen LogP) is 2.38. The Morgan fingerprint density at radius 3 is 2.25 bits per heavy atom. The second-order valence-corrected chi connectivity index (χ2v) is 5.34. The zero-order valence-corrected chi connectivity index (χ0v) is 12.4. The lowest BCUT2D eigenvalue weighted by Gasteiger charge is -2.08. The Bertz CT molecular complexity index is 660. The highest BCUT2D eigenvalue weighted by atomic mass is 35.5. The van der Waals surface area contributed by atoms with Gasteiger partial charge in [0.2, 0.25) is 0 Å². The maximum Gasteiger partial charge on any atom is 0.254 e. The van der Waals surface area contributed by atoms with Gasteiger partial charge in [0.25, 0.3) is 5.91 Å². The smallest absolute Gasteiger partial charge is 0.254 e. The summed E-state index contributed by atoms with van der Waals surface area (Å²) in [6.07, 6.45) is 2.84. The van der Waals surface area contributed by atoms with Crippen LogP contribution in [-0.2, 0) is 0 Å². The van der Waals surface area contributed by atoms with Gasteiger partial charge in [0.1, 0.15) is 17.1 Å². The minimum atomic E-state index is -0.640. The second-order valence-electron chi connectivity index (χ2n) is 4.53. The third-order valence-corrected chi connectivity index (χ3v) is 3.33. The van der Waals surface area contributed by atoms with E-state index in [-0.39, 0.29) is 27.3 Å². The molecule has 0 aliphatic heterocycles. The van der Waals surface area contributed by atoms with E-state index in [9.17, 15) is 4.79 Å². The van der Waals surface area contributed by atoms with Crippen LogP contribution in [0.3, 0.4) is 0 Å². The first-order valence-corrected chi connectivity index (χ1v) is 6.57. The molecule has 0 bridgehead atoms. The normalized spacial score (nSPS) is 11.1. The van der Waals surface area contributed by atoms with E-state index in [0.717, 1.165) is 0 Å². The molecule has 0 atom stereocenters. The van der Waals surface area contributed by atoms with Gasteiger partial charge >= 0.3 is 0 Å². The number of carbonyl (C=O) groups excluding carboxylic acids is 1. The molecule has 2 aromatic heterocycles. The molecule has 1 amide bonds. The monoisotopic (exact) mass is 313 g/mol. The lowest BCUT2D eigenvalue weighted by atomic mass is 10.1. The number of primary amides is 1. The van der Waals surface area contributed by atoms with Crippen LogP contribution in [0.1, 0.15) is 35.8 Å². The molecule has 0 radical (unpaired) electrons. The highest BCUT2D eigenvalue weighted by Crippen LogP contribution is 2.32. The van der Waals surface area contributed by atoms with Gasteiger partial charge in [-0.2, -0.15) is 5.10 Å². The van der Waals surface area contributed by atoms with E-state index in [2.05, 4.69) is 10.1 Å². The van der Waals surface area contributed by atoms with Crippen molar-refractivity contribution in [3.05, 3.63) is 33.7 Å². The Morgan fingerprint density at radius 2 is 1.85 bits per heavy atom. The number of hydrogen-bond acceptors (Lipinski definition) is 4. The first kappa shape index (κ1) is 14.6. The molecule has 20 heavy (non-hydrogen) atoms. The zero-order chi connectivity index (χ0) is 15.0. The summed E-state index contributed by atoms with van der Waals surface area (Å²) in [5.74, 6) is -0.560. The SMILES string of the molecule is CC(C)c1nn(-c2c(Cl)cncc2Cl)c(N)c1C(N)=O. The minimum Gasteiger partial charge on any atom is -0.383 e. The first-order chi connectivity index (χ1) is 9.34. The van der Waals surface area contributed by atoms with Crippen molar-refractivity contribution in [2.45, 2.75) is 19.8 Å². The van der Waals surface area contributed by atoms with Gasteiger partial charge in [-0.3, -0.25) is 9.78 Å². The van der Waals surface area contributed by atoms with E-state index >= 15 is 0 Å². The van der Waals surface area contributed by atoms with E-state index in [1.54, 1.807) is 0 Å². The van der Waals surface area contributed by atoms with Gasteiger partial charge in [0.15, 0.2) is 0 Å². The lowest BCUT2D eigenvalue weighted by molar-refractivity contribution is 0.1000. The van der Waals surface area contributed by atoms with Crippen LogP contribution in [0.25, 0.3) is 5.69 Å². The van der Waals surface area contributed by atoms with Crippen LogP contribution in [0.15, 0.2) is 12.4 Å². The molecule has 0 spiro atoms. The fourth-order valence-corrected chi connectivity index (χ4v) is 2.41. The van der Waals surface area contributed by atoms with Gasteiger partial charge in [-0.1, -0.05) is 37.0 Å². The fourth-order valence-electron chi connectivity index (χ4n) is 1.88. The standard InChI is InChI=1S/C12H13Cl2N5O/c1-5(2)9-8(12(16)20)11(15)19(18-9)10-6(13)3-17-4-7(10)14/h3-5H,15H2,1-2H3,(H2,16,20). The molecule has 0 aliphatic carbocycles. The van der Waals surface area contributed by atoms with Crippen LogP contribution in [0, 0.1) is 0 Å². The van der Waals surface area contributed by atoms with Crippen LogP contribution in [0.2, 0.25) is 10.0 Å². The number of nitrogens with zero attached hydrogens (tertiary/aromatic N) is 3. The number of nitrogens with two attached hydrogens (primary N) is 2. The van der Waals surface area contributed by atoms with Gasteiger partial charge in [-0.05, 0) is 5.92 Å². The van der Waals surface area contributed by atoms with Crippen molar-refractivity contribution >= 4 is 34.9 Å². The van der Waals surface area contributed by atoms with E-state index in [1.165, 1.54) is 17.1 Å². The largest absolute Gasteiger partial charge is 0.383 e. The Hall–Kier alpha value is -1.79. The molecule has 8 heteroatoms. The van der Waals surface area contributed by atoms with Crippen molar-refractivity contribution in [3.63, 3.8) is 0 Å². The van der Waals surface area contributed by atoms with E-state index in [0.29, 0.717) is 11.4 Å². The van der Waals surface area contributed by atoms with Crippen LogP contribution < -0.4 is 11.5 Å². The summed E-state index contributed by atoms with van der Waals surface area (Å²) in [5.41, 5.74) is 12.4. The maximum absolute atomic E-state index is 11.6. The average molecular weight is 314 g/mol. The number of aromatic nitrogens is 3.